The van der Waals surface area contributed by atoms with E-state index in [0.717, 1.165) is 23.3 Å². The lowest BCUT2D eigenvalue weighted by atomic mass is 10.2. The van der Waals surface area contributed by atoms with E-state index in [0.29, 0.717) is 12.6 Å². The van der Waals surface area contributed by atoms with Gasteiger partial charge in [-0.05, 0) is 30.0 Å². The SMILES string of the molecule is CC(C)NCC(O)c1c(Br)cnn1CCN(C)C. The molecule has 0 radical (unpaired) electrons. The Morgan fingerprint density at radius 1 is 1.50 bits per heavy atom. The number of halogens is 1. The van der Waals surface area contributed by atoms with Crippen LogP contribution < -0.4 is 5.32 Å². The first-order valence-electron chi connectivity index (χ1n) is 6.19. The third-order valence-corrected chi connectivity index (χ3v) is 3.24. The summed E-state index contributed by atoms with van der Waals surface area (Å²) >= 11 is 3.45. The lowest BCUT2D eigenvalue weighted by molar-refractivity contribution is 0.158. The molecule has 1 rings (SSSR count). The number of hydrogen-bond acceptors (Lipinski definition) is 4. The van der Waals surface area contributed by atoms with Gasteiger partial charge in [0.05, 0.1) is 22.9 Å². The van der Waals surface area contributed by atoms with Crippen molar-refractivity contribution in [1.29, 1.82) is 0 Å². The van der Waals surface area contributed by atoms with Crippen molar-refractivity contribution in [1.82, 2.24) is 20.0 Å². The van der Waals surface area contributed by atoms with Crippen molar-refractivity contribution in [3.8, 4) is 0 Å². The quantitative estimate of drug-likeness (QED) is 0.794. The molecule has 1 unspecified atom stereocenters. The smallest absolute Gasteiger partial charge is 0.109 e. The molecule has 0 fully saturated rings. The molecule has 1 aromatic rings. The minimum Gasteiger partial charge on any atom is -0.385 e. The predicted octanol–water partition coefficient (Wildman–Crippen LogP) is 1.24. The summed E-state index contributed by atoms with van der Waals surface area (Å²) in [5.74, 6) is 0. The van der Waals surface area contributed by atoms with Gasteiger partial charge in [0, 0.05) is 19.1 Å². The van der Waals surface area contributed by atoms with Gasteiger partial charge >= 0.3 is 0 Å². The van der Waals surface area contributed by atoms with E-state index < -0.39 is 6.10 Å². The molecule has 0 amide bonds. The average molecular weight is 319 g/mol. The van der Waals surface area contributed by atoms with Crippen LogP contribution in [0, 0.1) is 0 Å². The third kappa shape index (κ3) is 4.68. The zero-order valence-corrected chi connectivity index (χ0v) is 13.1. The van der Waals surface area contributed by atoms with E-state index in [1.54, 1.807) is 6.20 Å². The molecule has 0 saturated heterocycles. The topological polar surface area (TPSA) is 53.3 Å². The van der Waals surface area contributed by atoms with E-state index in [1.165, 1.54) is 0 Å². The van der Waals surface area contributed by atoms with Crippen molar-refractivity contribution >= 4 is 15.9 Å². The van der Waals surface area contributed by atoms with Gasteiger partial charge in [0.25, 0.3) is 0 Å². The van der Waals surface area contributed by atoms with Crippen molar-refractivity contribution < 1.29 is 5.11 Å². The summed E-state index contributed by atoms with van der Waals surface area (Å²) in [6, 6.07) is 0.358. The van der Waals surface area contributed by atoms with Gasteiger partial charge in [0.1, 0.15) is 6.10 Å². The zero-order valence-electron chi connectivity index (χ0n) is 11.5. The maximum absolute atomic E-state index is 10.2. The van der Waals surface area contributed by atoms with Gasteiger partial charge in [0.2, 0.25) is 0 Å². The molecule has 0 aliphatic heterocycles. The number of rotatable bonds is 7. The van der Waals surface area contributed by atoms with Crippen LogP contribution in [-0.4, -0.2) is 53.0 Å². The first-order chi connectivity index (χ1) is 8.41. The highest BCUT2D eigenvalue weighted by Crippen LogP contribution is 2.22. The Kier molecular flexibility index (Phi) is 6.28. The minimum absolute atomic E-state index is 0.358. The van der Waals surface area contributed by atoms with E-state index in [-0.39, 0.29) is 0 Å². The summed E-state index contributed by atoms with van der Waals surface area (Å²) in [6.45, 7) is 6.32. The van der Waals surface area contributed by atoms with Crippen LogP contribution in [0.5, 0.6) is 0 Å². The van der Waals surface area contributed by atoms with Gasteiger partial charge in [0.15, 0.2) is 0 Å². The number of nitrogens with zero attached hydrogens (tertiary/aromatic N) is 3. The lowest BCUT2D eigenvalue weighted by Gasteiger charge is -2.17. The van der Waals surface area contributed by atoms with Crippen molar-refractivity contribution in [2.45, 2.75) is 32.5 Å². The second kappa shape index (κ2) is 7.23. The Hall–Kier alpha value is -0.430. The van der Waals surface area contributed by atoms with Crippen LogP contribution >= 0.6 is 15.9 Å². The molecule has 104 valence electrons. The molecule has 0 aliphatic carbocycles. The summed E-state index contributed by atoms with van der Waals surface area (Å²) in [4.78, 5) is 2.10. The fourth-order valence-corrected chi connectivity index (χ4v) is 2.18. The second-order valence-corrected chi connectivity index (χ2v) is 5.84. The van der Waals surface area contributed by atoms with E-state index >= 15 is 0 Å². The first kappa shape index (κ1) is 15.6. The van der Waals surface area contributed by atoms with E-state index in [2.05, 4.69) is 45.1 Å². The summed E-state index contributed by atoms with van der Waals surface area (Å²) in [5.41, 5.74) is 0.838. The molecule has 0 aliphatic rings. The Labute approximate surface area is 117 Å². The molecule has 5 nitrogen and oxygen atoms in total. The number of likely N-dealkylation sites (N-methyl/N-ethyl adjacent to an activating group) is 1. The fourth-order valence-electron chi connectivity index (χ4n) is 1.62. The predicted molar refractivity (Wildman–Crippen MR) is 76.6 cm³/mol. The number of aliphatic hydroxyl groups excluding tert-OH is 1. The Balaban J connectivity index is 2.70. The normalized spacial score (nSPS) is 13.6. The van der Waals surface area contributed by atoms with Gasteiger partial charge in [-0.25, -0.2) is 0 Å². The van der Waals surface area contributed by atoms with Crippen LogP contribution in [0.2, 0.25) is 0 Å². The van der Waals surface area contributed by atoms with Gasteiger partial charge < -0.3 is 15.3 Å². The molecule has 1 heterocycles. The number of aromatic nitrogens is 2. The third-order valence-electron chi connectivity index (χ3n) is 2.63. The summed E-state index contributed by atoms with van der Waals surface area (Å²) in [6.07, 6.45) is 1.19. The number of hydrogen-bond donors (Lipinski definition) is 2. The molecule has 0 aromatic carbocycles. The standard InChI is InChI=1S/C12H23BrN4O/c1-9(2)14-8-11(18)12-10(13)7-15-17(12)6-5-16(3)4/h7,9,11,14,18H,5-6,8H2,1-4H3. The number of aliphatic hydroxyl groups is 1. The van der Waals surface area contributed by atoms with Crippen LogP contribution in [0.4, 0.5) is 0 Å². The molecular formula is C12H23BrN4O. The summed E-state index contributed by atoms with van der Waals surface area (Å²) < 4.78 is 2.72. The Morgan fingerprint density at radius 2 is 2.17 bits per heavy atom. The first-order valence-corrected chi connectivity index (χ1v) is 6.98. The van der Waals surface area contributed by atoms with Crippen molar-refractivity contribution in [3.05, 3.63) is 16.4 Å². The van der Waals surface area contributed by atoms with Gasteiger partial charge in [-0.15, -0.1) is 0 Å². The van der Waals surface area contributed by atoms with Gasteiger partial charge in [-0.1, -0.05) is 13.8 Å². The highest BCUT2D eigenvalue weighted by atomic mass is 79.9. The van der Waals surface area contributed by atoms with Crippen molar-refractivity contribution in [2.75, 3.05) is 27.2 Å². The van der Waals surface area contributed by atoms with E-state index in [1.807, 2.05) is 18.8 Å². The maximum atomic E-state index is 10.2. The molecule has 18 heavy (non-hydrogen) atoms. The molecular weight excluding hydrogens is 296 g/mol. The van der Waals surface area contributed by atoms with Crippen LogP contribution in [0.25, 0.3) is 0 Å². The minimum atomic E-state index is -0.550. The van der Waals surface area contributed by atoms with Crippen molar-refractivity contribution in [2.24, 2.45) is 0 Å². The summed E-state index contributed by atoms with van der Waals surface area (Å²) in [7, 11) is 4.05. The van der Waals surface area contributed by atoms with Crippen LogP contribution in [0.3, 0.4) is 0 Å². The maximum Gasteiger partial charge on any atom is 0.109 e. The lowest BCUT2D eigenvalue weighted by Crippen LogP contribution is -2.29. The Bertz CT molecular complexity index is 365. The van der Waals surface area contributed by atoms with Crippen molar-refractivity contribution in [3.63, 3.8) is 0 Å². The van der Waals surface area contributed by atoms with Gasteiger partial charge in [-0.2, -0.15) is 5.10 Å². The average Bonchev–Trinajstić information content (AvgIpc) is 2.64. The monoisotopic (exact) mass is 318 g/mol. The fraction of sp³-hybridized carbons (Fsp3) is 0.750. The van der Waals surface area contributed by atoms with Gasteiger partial charge in [-0.3, -0.25) is 4.68 Å². The molecule has 1 atom stereocenters. The highest BCUT2D eigenvalue weighted by molar-refractivity contribution is 9.10. The van der Waals surface area contributed by atoms with E-state index in [9.17, 15) is 5.11 Å². The van der Waals surface area contributed by atoms with Crippen LogP contribution in [0.1, 0.15) is 25.6 Å². The molecule has 1 aromatic heterocycles. The molecule has 0 saturated carbocycles. The molecule has 6 heteroatoms. The van der Waals surface area contributed by atoms with Crippen LogP contribution in [-0.2, 0) is 6.54 Å². The van der Waals surface area contributed by atoms with E-state index in [4.69, 9.17) is 0 Å². The molecule has 0 spiro atoms. The highest BCUT2D eigenvalue weighted by Gasteiger charge is 2.17. The Morgan fingerprint density at radius 3 is 2.72 bits per heavy atom. The number of nitrogens with one attached hydrogen (secondary N) is 1. The largest absolute Gasteiger partial charge is 0.385 e. The molecule has 2 N–H and O–H groups in total. The molecule has 0 bridgehead atoms. The van der Waals surface area contributed by atoms with Crippen LogP contribution in [0.15, 0.2) is 10.7 Å². The second-order valence-electron chi connectivity index (χ2n) is 4.98. The zero-order chi connectivity index (χ0) is 13.7. The summed E-state index contributed by atoms with van der Waals surface area (Å²) in [5, 5.41) is 17.7.